The number of hydrogen-bond donors (Lipinski definition) is 0. The lowest BCUT2D eigenvalue weighted by atomic mass is 10.1. The molecule has 0 spiro atoms. The summed E-state index contributed by atoms with van der Waals surface area (Å²) in [5.41, 5.74) is 1.05. The molecule has 0 N–H and O–H groups in total. The predicted molar refractivity (Wildman–Crippen MR) is 64.1 cm³/mol. The van der Waals surface area contributed by atoms with Gasteiger partial charge in [-0.2, -0.15) is 0 Å². The Balaban J connectivity index is 2.52. The van der Waals surface area contributed by atoms with E-state index in [0.717, 1.165) is 29.3 Å². The highest BCUT2D eigenvalue weighted by atomic mass is 127. The number of unbranched alkanes of at least 4 members (excludes halogenated alkanes) is 1. The quantitative estimate of drug-likeness (QED) is 0.345. The monoisotopic (exact) mass is 314 g/mol. The molecular formula is C9H15IO2S. The van der Waals surface area contributed by atoms with Crippen molar-refractivity contribution in [2.75, 3.05) is 10.2 Å². The van der Waals surface area contributed by atoms with Crippen LogP contribution >= 0.6 is 22.6 Å². The van der Waals surface area contributed by atoms with E-state index in [9.17, 15) is 8.42 Å². The molecule has 0 saturated carbocycles. The fourth-order valence-electron chi connectivity index (χ4n) is 1.61. The van der Waals surface area contributed by atoms with Gasteiger partial charge in [-0.3, -0.25) is 0 Å². The maximum Gasteiger partial charge on any atom is 0.160 e. The van der Waals surface area contributed by atoms with Crippen molar-refractivity contribution in [3.63, 3.8) is 0 Å². The third kappa shape index (κ3) is 2.94. The van der Waals surface area contributed by atoms with Crippen molar-refractivity contribution in [2.24, 2.45) is 0 Å². The summed E-state index contributed by atoms with van der Waals surface area (Å²) in [6.45, 7) is 1.93. The molecule has 0 fully saturated rings. The average Bonchev–Trinajstić information content (AvgIpc) is 2.31. The van der Waals surface area contributed by atoms with Gasteiger partial charge in [-0.25, -0.2) is 8.42 Å². The molecule has 1 rings (SSSR count). The zero-order valence-corrected chi connectivity index (χ0v) is 10.8. The lowest BCUT2D eigenvalue weighted by Crippen LogP contribution is -2.18. The first-order valence-corrected chi connectivity index (χ1v) is 7.76. The van der Waals surface area contributed by atoms with Crippen LogP contribution in [-0.2, 0) is 9.84 Å². The van der Waals surface area contributed by atoms with Crippen molar-refractivity contribution in [1.29, 1.82) is 0 Å². The molecule has 0 aliphatic carbocycles. The molecule has 0 aromatic rings. The molecule has 0 bridgehead atoms. The van der Waals surface area contributed by atoms with Gasteiger partial charge < -0.3 is 0 Å². The van der Waals surface area contributed by atoms with Crippen LogP contribution in [0.15, 0.2) is 11.6 Å². The molecular weight excluding hydrogens is 299 g/mol. The Morgan fingerprint density at radius 3 is 2.69 bits per heavy atom. The van der Waals surface area contributed by atoms with E-state index in [4.69, 9.17) is 0 Å². The van der Waals surface area contributed by atoms with E-state index in [1.54, 1.807) is 0 Å². The van der Waals surface area contributed by atoms with Gasteiger partial charge in [0.25, 0.3) is 0 Å². The smallest absolute Gasteiger partial charge is 0.160 e. The molecule has 0 aromatic heterocycles. The normalized spacial score (nSPS) is 26.0. The largest absolute Gasteiger partial charge is 0.228 e. The molecule has 0 aromatic carbocycles. The van der Waals surface area contributed by atoms with Crippen molar-refractivity contribution in [3.05, 3.63) is 11.6 Å². The van der Waals surface area contributed by atoms with E-state index in [1.807, 2.05) is 13.0 Å². The molecule has 0 amide bonds. The van der Waals surface area contributed by atoms with Gasteiger partial charge in [0, 0.05) is 0 Å². The zero-order chi connectivity index (χ0) is 9.90. The summed E-state index contributed by atoms with van der Waals surface area (Å²) in [5, 5.41) is -0.171. The minimum Gasteiger partial charge on any atom is -0.228 e. The molecule has 13 heavy (non-hydrogen) atoms. The summed E-state index contributed by atoms with van der Waals surface area (Å²) in [5.74, 6) is 0.258. The van der Waals surface area contributed by atoms with E-state index in [2.05, 4.69) is 22.6 Å². The first kappa shape index (κ1) is 11.5. The van der Waals surface area contributed by atoms with Gasteiger partial charge in [-0.05, 0) is 24.2 Å². The number of halogens is 1. The predicted octanol–water partition coefficient (Wildman–Crippen LogP) is 2.33. The van der Waals surface area contributed by atoms with Crippen LogP contribution < -0.4 is 0 Å². The Bertz CT molecular complexity index is 293. The number of alkyl halides is 1. The van der Waals surface area contributed by atoms with Crippen molar-refractivity contribution < 1.29 is 8.42 Å². The lowest BCUT2D eigenvalue weighted by molar-refractivity contribution is 0.583. The number of hydrogen-bond acceptors (Lipinski definition) is 2. The second-order valence-electron chi connectivity index (χ2n) is 3.45. The lowest BCUT2D eigenvalue weighted by Gasteiger charge is -2.10. The standard InChI is InChI=1S/C9H15IO2S/c1-8-5-7-13(11,12)9(8)4-2-3-6-10/h5,9H,2-4,6-7H2,1H3. The minimum atomic E-state index is -2.81. The highest BCUT2D eigenvalue weighted by molar-refractivity contribution is 14.1. The summed E-state index contributed by atoms with van der Waals surface area (Å²) in [4.78, 5) is 0. The van der Waals surface area contributed by atoms with Crippen LogP contribution in [0, 0.1) is 0 Å². The Hall–Kier alpha value is 0.420. The van der Waals surface area contributed by atoms with Gasteiger partial charge in [-0.1, -0.05) is 40.7 Å². The van der Waals surface area contributed by atoms with Crippen molar-refractivity contribution in [1.82, 2.24) is 0 Å². The summed E-state index contributed by atoms with van der Waals surface area (Å²) >= 11 is 2.32. The van der Waals surface area contributed by atoms with E-state index >= 15 is 0 Å². The van der Waals surface area contributed by atoms with Gasteiger partial charge in [0.05, 0.1) is 11.0 Å². The third-order valence-corrected chi connectivity index (χ3v) is 5.30. The number of sulfone groups is 1. The Labute approximate surface area is 93.9 Å². The molecule has 0 radical (unpaired) electrons. The topological polar surface area (TPSA) is 34.1 Å². The average molecular weight is 314 g/mol. The van der Waals surface area contributed by atoms with Crippen molar-refractivity contribution in [2.45, 2.75) is 31.4 Å². The van der Waals surface area contributed by atoms with Gasteiger partial charge in [-0.15, -0.1) is 0 Å². The second kappa shape index (κ2) is 4.77. The fourth-order valence-corrected chi connectivity index (χ4v) is 4.07. The molecule has 76 valence electrons. The van der Waals surface area contributed by atoms with E-state index < -0.39 is 9.84 Å². The summed E-state index contributed by atoms with van der Waals surface area (Å²) in [6, 6.07) is 0. The van der Waals surface area contributed by atoms with Crippen LogP contribution in [-0.4, -0.2) is 23.8 Å². The van der Waals surface area contributed by atoms with Crippen LogP contribution in [0.4, 0.5) is 0 Å². The molecule has 1 unspecified atom stereocenters. The first-order chi connectivity index (χ1) is 6.08. The highest BCUT2D eigenvalue weighted by Gasteiger charge is 2.30. The van der Waals surface area contributed by atoms with Gasteiger partial charge >= 0.3 is 0 Å². The van der Waals surface area contributed by atoms with Crippen LogP contribution in [0.2, 0.25) is 0 Å². The SMILES string of the molecule is CC1=CCS(=O)(=O)C1CCCCI. The van der Waals surface area contributed by atoms with Gasteiger partial charge in [0.15, 0.2) is 9.84 Å². The van der Waals surface area contributed by atoms with E-state index in [-0.39, 0.29) is 11.0 Å². The van der Waals surface area contributed by atoms with Gasteiger partial charge in [0.2, 0.25) is 0 Å². The van der Waals surface area contributed by atoms with Gasteiger partial charge in [0.1, 0.15) is 0 Å². The molecule has 4 heteroatoms. The molecule has 1 heterocycles. The fraction of sp³-hybridized carbons (Fsp3) is 0.778. The summed E-state index contributed by atoms with van der Waals surface area (Å²) < 4.78 is 24.1. The van der Waals surface area contributed by atoms with Crippen LogP contribution in [0.3, 0.4) is 0 Å². The van der Waals surface area contributed by atoms with E-state index in [0.29, 0.717) is 0 Å². The Morgan fingerprint density at radius 1 is 1.54 bits per heavy atom. The molecule has 1 aliphatic rings. The molecule has 1 aliphatic heterocycles. The first-order valence-electron chi connectivity index (χ1n) is 4.52. The maximum atomic E-state index is 11.5. The van der Waals surface area contributed by atoms with Crippen LogP contribution in [0.25, 0.3) is 0 Å². The minimum absolute atomic E-state index is 0.171. The Kier molecular flexibility index (Phi) is 4.22. The molecule has 0 saturated heterocycles. The number of rotatable bonds is 4. The van der Waals surface area contributed by atoms with Crippen molar-refractivity contribution >= 4 is 32.4 Å². The molecule has 2 nitrogen and oxygen atoms in total. The second-order valence-corrected chi connectivity index (χ2v) is 6.76. The Morgan fingerprint density at radius 2 is 2.23 bits per heavy atom. The third-order valence-electron chi connectivity index (χ3n) is 2.43. The van der Waals surface area contributed by atoms with Crippen molar-refractivity contribution in [3.8, 4) is 0 Å². The zero-order valence-electron chi connectivity index (χ0n) is 7.79. The molecule has 1 atom stereocenters. The van der Waals surface area contributed by atoms with Crippen LogP contribution in [0.1, 0.15) is 26.2 Å². The summed E-state index contributed by atoms with van der Waals surface area (Å²) in [6.07, 6.45) is 4.82. The van der Waals surface area contributed by atoms with Crippen LogP contribution in [0.5, 0.6) is 0 Å². The highest BCUT2D eigenvalue weighted by Crippen LogP contribution is 2.25. The summed E-state index contributed by atoms with van der Waals surface area (Å²) in [7, 11) is -2.81. The maximum absolute atomic E-state index is 11.5. The van der Waals surface area contributed by atoms with E-state index in [1.165, 1.54) is 0 Å².